The first-order chi connectivity index (χ1) is 15.8. The molecule has 0 bridgehead atoms. The van der Waals surface area contributed by atoms with Crippen LogP contribution in [0.3, 0.4) is 0 Å². The first-order valence-corrected chi connectivity index (χ1v) is 10.7. The van der Waals surface area contributed by atoms with Gasteiger partial charge in [-0.05, 0) is 37.0 Å². The van der Waals surface area contributed by atoms with E-state index in [1.165, 1.54) is 31.2 Å². The molecule has 1 rings (SSSR count). The summed E-state index contributed by atoms with van der Waals surface area (Å²) in [7, 11) is 0. The number of phenolic OH excluding ortho intramolecular Hbond substituents is 1. The number of aliphatic carboxylic acids is 2. The topological polar surface area (TPSA) is 208 Å². The van der Waals surface area contributed by atoms with E-state index in [0.717, 1.165) is 0 Å². The number of hydrogen-bond acceptors (Lipinski definition) is 7. The average Bonchev–Trinajstić information content (AvgIpc) is 2.74. The summed E-state index contributed by atoms with van der Waals surface area (Å²) in [5.74, 6) is -5.18. The standard InChI is InChI=1S/C22H32N4O8/c1-11(2)18(22(33)34)26-21(32)16(10-13-4-6-14(27)7-5-13)25-20(31)15(8-9-17(28)29)24-19(30)12(3)23/h4-7,11-12,15-16,18,27H,8-10,23H2,1-3H3,(H,24,30)(H,25,31)(H,26,32)(H,28,29)(H,33,34). The first kappa shape index (κ1) is 28.4. The normalized spacial score (nSPS) is 14.4. The summed E-state index contributed by atoms with van der Waals surface area (Å²) >= 11 is 0. The van der Waals surface area contributed by atoms with Crippen molar-refractivity contribution in [3.05, 3.63) is 29.8 Å². The summed E-state index contributed by atoms with van der Waals surface area (Å²) in [4.78, 5) is 60.4. The molecule has 0 heterocycles. The monoisotopic (exact) mass is 480 g/mol. The van der Waals surface area contributed by atoms with E-state index in [0.29, 0.717) is 5.56 Å². The number of carboxylic acids is 2. The third kappa shape index (κ3) is 9.45. The molecule has 12 nitrogen and oxygen atoms in total. The summed E-state index contributed by atoms with van der Waals surface area (Å²) in [6, 6.07) is 1.11. The second-order valence-electron chi connectivity index (χ2n) is 8.28. The molecule has 188 valence electrons. The number of amides is 3. The molecule has 0 aromatic heterocycles. The smallest absolute Gasteiger partial charge is 0.326 e. The molecule has 12 heteroatoms. The molecule has 0 fully saturated rings. The molecule has 1 aromatic rings. The Labute approximate surface area is 196 Å². The maximum absolute atomic E-state index is 12.9. The van der Waals surface area contributed by atoms with E-state index in [4.69, 9.17) is 10.8 Å². The van der Waals surface area contributed by atoms with Crippen molar-refractivity contribution in [2.24, 2.45) is 11.7 Å². The largest absolute Gasteiger partial charge is 0.508 e. The van der Waals surface area contributed by atoms with Crippen molar-refractivity contribution in [3.63, 3.8) is 0 Å². The highest BCUT2D eigenvalue weighted by atomic mass is 16.4. The number of hydrogen-bond donors (Lipinski definition) is 7. The molecular formula is C22H32N4O8. The molecular weight excluding hydrogens is 448 g/mol. The van der Waals surface area contributed by atoms with Gasteiger partial charge in [0, 0.05) is 12.8 Å². The molecule has 34 heavy (non-hydrogen) atoms. The summed E-state index contributed by atoms with van der Waals surface area (Å²) in [6.45, 7) is 4.61. The molecule has 1 aromatic carbocycles. The minimum atomic E-state index is -1.29. The van der Waals surface area contributed by atoms with Crippen LogP contribution in [-0.4, -0.2) is 69.1 Å². The fourth-order valence-electron chi connectivity index (χ4n) is 2.96. The van der Waals surface area contributed by atoms with Crippen LogP contribution in [0, 0.1) is 5.92 Å². The number of phenols is 1. The van der Waals surface area contributed by atoms with E-state index in [-0.39, 0.29) is 18.6 Å². The minimum Gasteiger partial charge on any atom is -0.508 e. The molecule has 0 spiro atoms. The lowest BCUT2D eigenvalue weighted by Crippen LogP contribution is -2.58. The van der Waals surface area contributed by atoms with Crippen LogP contribution in [0.5, 0.6) is 5.75 Å². The highest BCUT2D eigenvalue weighted by Crippen LogP contribution is 2.12. The molecule has 4 atom stereocenters. The van der Waals surface area contributed by atoms with Crippen molar-refractivity contribution >= 4 is 29.7 Å². The maximum Gasteiger partial charge on any atom is 0.326 e. The third-order valence-corrected chi connectivity index (χ3v) is 4.93. The van der Waals surface area contributed by atoms with Gasteiger partial charge in [-0.2, -0.15) is 0 Å². The van der Waals surface area contributed by atoms with Crippen LogP contribution in [0.15, 0.2) is 24.3 Å². The van der Waals surface area contributed by atoms with E-state index in [2.05, 4.69) is 16.0 Å². The average molecular weight is 481 g/mol. The predicted octanol–water partition coefficient (Wildman–Crippen LogP) is -0.658. The summed E-state index contributed by atoms with van der Waals surface area (Å²) in [5.41, 5.74) is 6.07. The lowest BCUT2D eigenvalue weighted by Gasteiger charge is -2.26. The zero-order valence-electron chi connectivity index (χ0n) is 19.3. The Balaban J connectivity index is 3.16. The number of aromatic hydroxyl groups is 1. The number of nitrogens with one attached hydrogen (secondary N) is 3. The molecule has 3 amide bonds. The molecule has 4 unspecified atom stereocenters. The number of nitrogens with two attached hydrogens (primary N) is 1. The quantitative estimate of drug-likeness (QED) is 0.191. The SMILES string of the molecule is CC(N)C(=O)NC(CCC(=O)O)C(=O)NC(Cc1ccc(O)cc1)C(=O)NC(C(=O)O)C(C)C. The van der Waals surface area contributed by atoms with Crippen LogP contribution in [0.2, 0.25) is 0 Å². The molecule has 0 aliphatic rings. The second-order valence-corrected chi connectivity index (χ2v) is 8.28. The highest BCUT2D eigenvalue weighted by molar-refractivity contribution is 5.94. The van der Waals surface area contributed by atoms with Gasteiger partial charge in [-0.3, -0.25) is 19.2 Å². The van der Waals surface area contributed by atoms with Crippen molar-refractivity contribution in [1.29, 1.82) is 0 Å². The van der Waals surface area contributed by atoms with E-state index in [1.807, 2.05) is 0 Å². The Morgan fingerprint density at radius 2 is 1.38 bits per heavy atom. The zero-order valence-corrected chi connectivity index (χ0v) is 19.3. The van der Waals surface area contributed by atoms with Crippen molar-refractivity contribution in [2.45, 2.75) is 64.2 Å². The van der Waals surface area contributed by atoms with Crippen LogP contribution < -0.4 is 21.7 Å². The van der Waals surface area contributed by atoms with Gasteiger partial charge in [0.25, 0.3) is 0 Å². The van der Waals surface area contributed by atoms with Crippen LogP contribution in [-0.2, 0) is 30.4 Å². The van der Waals surface area contributed by atoms with Crippen LogP contribution >= 0.6 is 0 Å². The zero-order chi connectivity index (χ0) is 26.0. The number of carboxylic acid groups (broad SMARTS) is 2. The Hall–Kier alpha value is -3.67. The van der Waals surface area contributed by atoms with E-state index in [9.17, 15) is 34.2 Å². The van der Waals surface area contributed by atoms with Crippen molar-refractivity contribution in [3.8, 4) is 5.75 Å². The number of rotatable bonds is 13. The summed E-state index contributed by atoms with van der Waals surface area (Å²) in [5, 5.41) is 35.1. The molecule has 0 saturated carbocycles. The number of benzene rings is 1. The lowest BCUT2D eigenvalue weighted by molar-refractivity contribution is -0.143. The van der Waals surface area contributed by atoms with Crippen molar-refractivity contribution < 1.29 is 39.3 Å². The maximum atomic E-state index is 12.9. The van der Waals surface area contributed by atoms with Crippen LogP contribution in [0.25, 0.3) is 0 Å². The van der Waals surface area contributed by atoms with Gasteiger partial charge in [-0.1, -0.05) is 26.0 Å². The van der Waals surface area contributed by atoms with Gasteiger partial charge >= 0.3 is 11.9 Å². The van der Waals surface area contributed by atoms with Crippen LogP contribution in [0.1, 0.15) is 39.2 Å². The molecule has 0 radical (unpaired) electrons. The van der Waals surface area contributed by atoms with Gasteiger partial charge < -0.3 is 37.0 Å². The highest BCUT2D eigenvalue weighted by Gasteiger charge is 2.31. The van der Waals surface area contributed by atoms with Crippen LogP contribution in [0.4, 0.5) is 0 Å². The van der Waals surface area contributed by atoms with Gasteiger partial charge in [0.15, 0.2) is 0 Å². The molecule has 0 aliphatic heterocycles. The molecule has 0 saturated heterocycles. The molecule has 8 N–H and O–H groups in total. The van der Waals surface area contributed by atoms with E-state index >= 15 is 0 Å². The third-order valence-electron chi connectivity index (χ3n) is 4.93. The molecule has 0 aliphatic carbocycles. The van der Waals surface area contributed by atoms with Gasteiger partial charge in [0.05, 0.1) is 6.04 Å². The van der Waals surface area contributed by atoms with E-state index in [1.54, 1.807) is 13.8 Å². The van der Waals surface area contributed by atoms with Gasteiger partial charge in [0.1, 0.15) is 23.9 Å². The summed E-state index contributed by atoms with van der Waals surface area (Å²) in [6.07, 6.45) is -0.743. The Morgan fingerprint density at radius 3 is 1.85 bits per heavy atom. The Bertz CT molecular complexity index is 885. The number of carbonyl (C=O) groups is 5. The van der Waals surface area contributed by atoms with E-state index < -0.39 is 66.2 Å². The fraction of sp³-hybridized carbons (Fsp3) is 0.500. The second kappa shape index (κ2) is 13.1. The minimum absolute atomic E-state index is 0.00751. The Morgan fingerprint density at radius 1 is 0.853 bits per heavy atom. The number of carbonyl (C=O) groups excluding carboxylic acids is 3. The van der Waals surface area contributed by atoms with Gasteiger partial charge in [-0.25, -0.2) is 4.79 Å². The van der Waals surface area contributed by atoms with Gasteiger partial charge in [-0.15, -0.1) is 0 Å². The van der Waals surface area contributed by atoms with Crippen molar-refractivity contribution in [2.75, 3.05) is 0 Å². The van der Waals surface area contributed by atoms with Gasteiger partial charge in [0.2, 0.25) is 17.7 Å². The van der Waals surface area contributed by atoms with Crippen molar-refractivity contribution in [1.82, 2.24) is 16.0 Å². The lowest BCUT2D eigenvalue weighted by atomic mass is 10.0. The first-order valence-electron chi connectivity index (χ1n) is 10.7. The summed E-state index contributed by atoms with van der Waals surface area (Å²) < 4.78 is 0. The fourth-order valence-corrected chi connectivity index (χ4v) is 2.96. The predicted molar refractivity (Wildman–Crippen MR) is 121 cm³/mol. The Kier molecular flexibility index (Phi) is 11.0.